The summed E-state index contributed by atoms with van der Waals surface area (Å²) < 4.78 is 0. The maximum absolute atomic E-state index is 8.39. The quantitative estimate of drug-likeness (QED) is 0.444. The Labute approximate surface area is 48.6 Å². The van der Waals surface area contributed by atoms with Crippen LogP contribution in [0.1, 0.15) is 6.42 Å². The fourth-order valence-corrected chi connectivity index (χ4v) is 0.423. The van der Waals surface area contributed by atoms with Crippen molar-refractivity contribution in [1.29, 1.82) is 0 Å². The first-order valence-corrected chi connectivity index (χ1v) is 2.67. The minimum absolute atomic E-state index is 0.0335. The minimum Gasteiger partial charge on any atom is -0.396 e. The van der Waals surface area contributed by atoms with Crippen LogP contribution in [-0.4, -0.2) is 35.1 Å². The van der Waals surface area contributed by atoms with E-state index >= 15 is 0 Å². The van der Waals surface area contributed by atoms with Crippen molar-refractivity contribution in [3.05, 3.63) is 0 Å². The van der Waals surface area contributed by atoms with E-state index in [1.807, 2.05) is 0 Å². The number of aliphatic hydroxyl groups is 3. The van der Waals surface area contributed by atoms with Crippen molar-refractivity contribution < 1.29 is 15.3 Å². The van der Waals surface area contributed by atoms with Crippen LogP contribution < -0.4 is 0 Å². The molecule has 0 aromatic heterocycles. The largest absolute Gasteiger partial charge is 0.396 e. The molecule has 3 N–H and O–H groups in total. The molecule has 0 aromatic rings. The third-order valence-electron chi connectivity index (χ3n) is 1.05. The molecule has 50 valence electrons. The number of hydrogen-bond acceptors (Lipinski definition) is 3. The Morgan fingerprint density at radius 2 is 1.50 bits per heavy atom. The van der Waals surface area contributed by atoms with E-state index in [-0.39, 0.29) is 25.7 Å². The van der Waals surface area contributed by atoms with Crippen LogP contribution >= 0.6 is 0 Å². The van der Waals surface area contributed by atoms with Crippen molar-refractivity contribution in [2.75, 3.05) is 19.8 Å². The van der Waals surface area contributed by atoms with Crippen molar-refractivity contribution in [3.8, 4) is 0 Å². The Morgan fingerprint density at radius 3 is 1.62 bits per heavy atom. The van der Waals surface area contributed by atoms with Crippen LogP contribution in [0.25, 0.3) is 0 Å². The van der Waals surface area contributed by atoms with E-state index in [1.54, 1.807) is 0 Å². The van der Waals surface area contributed by atoms with Gasteiger partial charge >= 0.3 is 0 Å². The molecular formula is C5H12O3. The average molecular weight is 120 g/mol. The summed E-state index contributed by atoms with van der Waals surface area (Å²) in [5, 5.41) is 25.0. The third kappa shape index (κ3) is 2.96. The molecule has 0 aliphatic rings. The second-order valence-electron chi connectivity index (χ2n) is 1.74. The van der Waals surface area contributed by atoms with Gasteiger partial charge in [0.1, 0.15) is 0 Å². The van der Waals surface area contributed by atoms with Crippen molar-refractivity contribution in [2.24, 2.45) is 5.92 Å². The zero-order chi connectivity index (χ0) is 6.41. The van der Waals surface area contributed by atoms with Gasteiger partial charge in [-0.25, -0.2) is 0 Å². The molecule has 0 unspecified atom stereocenters. The van der Waals surface area contributed by atoms with Gasteiger partial charge in [0.25, 0.3) is 0 Å². The van der Waals surface area contributed by atoms with Gasteiger partial charge in [-0.2, -0.15) is 0 Å². The lowest BCUT2D eigenvalue weighted by Crippen LogP contribution is -2.12. The van der Waals surface area contributed by atoms with Gasteiger partial charge in [0, 0.05) is 25.7 Å². The second-order valence-corrected chi connectivity index (χ2v) is 1.74. The molecule has 3 nitrogen and oxygen atoms in total. The normalized spacial score (nSPS) is 10.5. The van der Waals surface area contributed by atoms with Gasteiger partial charge in [0.15, 0.2) is 0 Å². The summed E-state index contributed by atoms with van der Waals surface area (Å²) in [7, 11) is 0. The molecule has 0 heterocycles. The SMILES string of the molecule is OCCC(CO)CO. The van der Waals surface area contributed by atoms with E-state index in [4.69, 9.17) is 15.3 Å². The van der Waals surface area contributed by atoms with Gasteiger partial charge in [-0.05, 0) is 6.42 Å². The van der Waals surface area contributed by atoms with Crippen molar-refractivity contribution in [1.82, 2.24) is 0 Å². The predicted molar refractivity (Wildman–Crippen MR) is 29.4 cm³/mol. The number of aliphatic hydroxyl groups excluding tert-OH is 3. The van der Waals surface area contributed by atoms with Gasteiger partial charge in [0.2, 0.25) is 0 Å². The van der Waals surface area contributed by atoms with Gasteiger partial charge in [-0.1, -0.05) is 0 Å². The highest BCUT2D eigenvalue weighted by atomic mass is 16.3. The lowest BCUT2D eigenvalue weighted by atomic mass is 10.1. The maximum atomic E-state index is 8.39. The summed E-state index contributed by atoms with van der Waals surface area (Å²) >= 11 is 0. The number of rotatable bonds is 4. The van der Waals surface area contributed by atoms with Crippen LogP contribution in [0.5, 0.6) is 0 Å². The van der Waals surface area contributed by atoms with Gasteiger partial charge in [-0.15, -0.1) is 0 Å². The molecule has 0 bridgehead atoms. The van der Waals surface area contributed by atoms with Crippen LogP contribution in [0.15, 0.2) is 0 Å². The molecule has 0 fully saturated rings. The molecular weight excluding hydrogens is 108 g/mol. The highest BCUT2D eigenvalue weighted by Crippen LogP contribution is 1.97. The summed E-state index contributed by atoms with van der Waals surface area (Å²) in [6, 6.07) is 0. The van der Waals surface area contributed by atoms with Crippen molar-refractivity contribution in [2.45, 2.75) is 6.42 Å². The first kappa shape index (κ1) is 7.88. The van der Waals surface area contributed by atoms with E-state index in [9.17, 15) is 0 Å². The third-order valence-corrected chi connectivity index (χ3v) is 1.05. The summed E-state index contributed by atoms with van der Waals surface area (Å²) in [6.07, 6.45) is 0.479. The molecule has 0 atom stereocenters. The zero-order valence-corrected chi connectivity index (χ0v) is 4.75. The fourth-order valence-electron chi connectivity index (χ4n) is 0.423. The molecule has 0 saturated heterocycles. The minimum atomic E-state index is -0.139. The zero-order valence-electron chi connectivity index (χ0n) is 4.75. The standard InChI is InChI=1S/C5H12O3/c6-2-1-5(3-7)4-8/h5-8H,1-4H2. The molecule has 0 radical (unpaired) electrons. The second kappa shape index (κ2) is 5.03. The molecule has 0 aliphatic carbocycles. The Kier molecular flexibility index (Phi) is 4.95. The Bertz CT molecular complexity index is 42.9. The van der Waals surface area contributed by atoms with Crippen LogP contribution in [-0.2, 0) is 0 Å². The van der Waals surface area contributed by atoms with Crippen LogP contribution in [0.4, 0.5) is 0 Å². The van der Waals surface area contributed by atoms with Gasteiger partial charge in [-0.3, -0.25) is 0 Å². The van der Waals surface area contributed by atoms with E-state index in [2.05, 4.69) is 0 Å². The van der Waals surface area contributed by atoms with E-state index < -0.39 is 0 Å². The monoisotopic (exact) mass is 120 g/mol. The van der Waals surface area contributed by atoms with Gasteiger partial charge in [0.05, 0.1) is 0 Å². The Hall–Kier alpha value is -0.120. The topological polar surface area (TPSA) is 60.7 Å². The molecule has 0 aromatic carbocycles. The maximum Gasteiger partial charge on any atom is 0.0482 e. The Morgan fingerprint density at radius 1 is 1.00 bits per heavy atom. The van der Waals surface area contributed by atoms with E-state index in [0.29, 0.717) is 6.42 Å². The van der Waals surface area contributed by atoms with E-state index in [0.717, 1.165) is 0 Å². The number of hydrogen-bond donors (Lipinski definition) is 3. The van der Waals surface area contributed by atoms with Gasteiger partial charge < -0.3 is 15.3 Å². The average Bonchev–Trinajstić information content (AvgIpc) is 1.83. The van der Waals surface area contributed by atoms with Crippen LogP contribution in [0.2, 0.25) is 0 Å². The fraction of sp³-hybridized carbons (Fsp3) is 1.00. The highest BCUT2D eigenvalue weighted by Gasteiger charge is 2.02. The summed E-state index contributed by atoms with van der Waals surface area (Å²) in [6.45, 7) is -0.0556. The van der Waals surface area contributed by atoms with Crippen LogP contribution in [0, 0.1) is 5.92 Å². The molecule has 0 spiro atoms. The first-order chi connectivity index (χ1) is 3.85. The van der Waals surface area contributed by atoms with E-state index in [1.165, 1.54) is 0 Å². The van der Waals surface area contributed by atoms with Crippen molar-refractivity contribution in [3.63, 3.8) is 0 Å². The molecule has 3 heteroatoms. The van der Waals surface area contributed by atoms with Crippen LogP contribution in [0.3, 0.4) is 0 Å². The lowest BCUT2D eigenvalue weighted by molar-refractivity contribution is 0.124. The summed E-state index contributed by atoms with van der Waals surface area (Å²) in [4.78, 5) is 0. The molecule has 0 amide bonds. The lowest BCUT2D eigenvalue weighted by Gasteiger charge is -2.06. The highest BCUT2D eigenvalue weighted by molar-refractivity contribution is 4.52. The summed E-state index contributed by atoms with van der Waals surface area (Å²) in [5.41, 5.74) is 0. The smallest absolute Gasteiger partial charge is 0.0482 e. The molecule has 0 saturated carbocycles. The van der Waals surface area contributed by atoms with Crippen molar-refractivity contribution >= 4 is 0 Å². The molecule has 8 heavy (non-hydrogen) atoms. The molecule has 0 aliphatic heterocycles. The summed E-state index contributed by atoms with van der Waals surface area (Å²) in [5.74, 6) is -0.139. The predicted octanol–water partition coefficient (Wildman–Crippen LogP) is -1.03. The Balaban J connectivity index is 3.07. The first-order valence-electron chi connectivity index (χ1n) is 2.67. The molecule has 0 rings (SSSR count).